The van der Waals surface area contributed by atoms with E-state index in [1.807, 2.05) is 0 Å². The molecule has 1 aliphatic heterocycles. The number of hydrogen-bond donors (Lipinski definition) is 1. The summed E-state index contributed by atoms with van der Waals surface area (Å²) < 4.78 is 6.03. The minimum absolute atomic E-state index is 0.134. The maximum atomic E-state index is 6.03. The lowest BCUT2D eigenvalue weighted by Crippen LogP contribution is -2.24. The van der Waals surface area contributed by atoms with E-state index in [0.717, 1.165) is 31.3 Å². The Morgan fingerprint density at radius 3 is 2.78 bits per heavy atom. The van der Waals surface area contributed by atoms with Crippen LogP contribution in [0.4, 0.5) is 0 Å². The van der Waals surface area contributed by atoms with Crippen molar-refractivity contribution in [3.63, 3.8) is 0 Å². The molecule has 5 rings (SSSR count). The number of H-pyrrole nitrogens is 1. The average molecular weight is 360 g/mol. The molecule has 1 atom stereocenters. The summed E-state index contributed by atoms with van der Waals surface area (Å²) in [6.45, 7) is 5.65. The van der Waals surface area contributed by atoms with E-state index in [4.69, 9.17) is 4.74 Å². The SMILES string of the molecule is CC(C)(CC(Cc1cc2ccccc2[nH]1)C1CC1)c1cccc2c1OCC2. The predicted molar refractivity (Wildman–Crippen MR) is 112 cm³/mol. The van der Waals surface area contributed by atoms with Gasteiger partial charge in [-0.25, -0.2) is 0 Å². The maximum Gasteiger partial charge on any atom is 0.126 e. The van der Waals surface area contributed by atoms with E-state index in [2.05, 4.69) is 67.4 Å². The van der Waals surface area contributed by atoms with Gasteiger partial charge in [0.05, 0.1) is 6.61 Å². The Hall–Kier alpha value is -2.22. The Balaban J connectivity index is 1.40. The third kappa shape index (κ3) is 3.26. The van der Waals surface area contributed by atoms with Crippen molar-refractivity contribution in [1.29, 1.82) is 0 Å². The van der Waals surface area contributed by atoms with Crippen LogP contribution in [-0.2, 0) is 18.3 Å². The summed E-state index contributed by atoms with van der Waals surface area (Å²) in [7, 11) is 0. The maximum absolute atomic E-state index is 6.03. The Morgan fingerprint density at radius 2 is 1.96 bits per heavy atom. The number of para-hydroxylation sites is 2. The molecule has 2 heteroatoms. The summed E-state index contributed by atoms with van der Waals surface area (Å²) in [5.74, 6) is 2.78. The molecule has 2 aliphatic rings. The molecule has 1 saturated carbocycles. The van der Waals surface area contributed by atoms with Crippen LogP contribution in [0.15, 0.2) is 48.5 Å². The first-order valence-electron chi connectivity index (χ1n) is 10.4. The van der Waals surface area contributed by atoms with Crippen molar-refractivity contribution in [1.82, 2.24) is 4.98 Å². The first-order valence-corrected chi connectivity index (χ1v) is 10.4. The fourth-order valence-electron chi connectivity index (χ4n) is 5.01. The van der Waals surface area contributed by atoms with Crippen LogP contribution in [0.3, 0.4) is 0 Å². The van der Waals surface area contributed by atoms with Crippen LogP contribution in [0.1, 0.15) is 49.9 Å². The zero-order valence-corrected chi connectivity index (χ0v) is 16.4. The van der Waals surface area contributed by atoms with Crippen LogP contribution < -0.4 is 4.74 Å². The standard InChI is InChI=1S/C25H29NO/c1-25(2,22-8-5-7-18-12-13-27-24(18)22)16-20(17-10-11-17)15-21-14-19-6-3-4-9-23(19)26-21/h3-9,14,17,20,26H,10-13,15-16H2,1-2H3. The average Bonchev–Trinajstić information content (AvgIpc) is 3.24. The number of rotatable bonds is 6. The number of hydrogen-bond acceptors (Lipinski definition) is 1. The molecule has 1 N–H and O–H groups in total. The largest absolute Gasteiger partial charge is 0.493 e. The van der Waals surface area contributed by atoms with E-state index in [-0.39, 0.29) is 5.41 Å². The number of fused-ring (bicyclic) bond motifs is 2. The van der Waals surface area contributed by atoms with Crippen LogP contribution in [0.25, 0.3) is 10.9 Å². The third-order valence-corrected chi connectivity index (χ3v) is 6.57. The van der Waals surface area contributed by atoms with Crippen molar-refractivity contribution in [2.45, 2.75) is 51.4 Å². The van der Waals surface area contributed by atoms with Crippen molar-refractivity contribution in [3.05, 3.63) is 65.4 Å². The summed E-state index contributed by atoms with van der Waals surface area (Å²) in [5.41, 5.74) is 5.57. The second kappa shape index (κ2) is 6.44. The topological polar surface area (TPSA) is 25.0 Å². The van der Waals surface area contributed by atoms with Gasteiger partial charge >= 0.3 is 0 Å². The third-order valence-electron chi connectivity index (χ3n) is 6.57. The highest BCUT2D eigenvalue weighted by molar-refractivity contribution is 5.80. The number of benzene rings is 2. The second-order valence-corrected chi connectivity index (χ2v) is 9.16. The molecular weight excluding hydrogens is 330 g/mol. The van der Waals surface area contributed by atoms with Gasteiger partial charge in [0.2, 0.25) is 0 Å². The normalized spacial score (nSPS) is 17.7. The fraction of sp³-hybridized carbons (Fsp3) is 0.440. The van der Waals surface area contributed by atoms with Gasteiger partial charge in [-0.2, -0.15) is 0 Å². The minimum atomic E-state index is 0.134. The zero-order valence-electron chi connectivity index (χ0n) is 16.4. The van der Waals surface area contributed by atoms with Crippen LogP contribution in [0.2, 0.25) is 0 Å². The molecule has 0 radical (unpaired) electrons. The number of aromatic nitrogens is 1. The van der Waals surface area contributed by atoms with Gasteiger partial charge in [-0.1, -0.05) is 50.2 Å². The molecule has 1 aliphatic carbocycles. The van der Waals surface area contributed by atoms with E-state index >= 15 is 0 Å². The number of ether oxygens (including phenoxy) is 1. The molecule has 27 heavy (non-hydrogen) atoms. The quantitative estimate of drug-likeness (QED) is 0.570. The van der Waals surface area contributed by atoms with Crippen LogP contribution in [0, 0.1) is 11.8 Å². The van der Waals surface area contributed by atoms with Crippen molar-refractivity contribution >= 4 is 10.9 Å². The molecule has 3 aromatic rings. The Labute approximate surface area is 161 Å². The van der Waals surface area contributed by atoms with Crippen molar-refractivity contribution in [2.75, 3.05) is 6.61 Å². The van der Waals surface area contributed by atoms with E-state index in [0.29, 0.717) is 0 Å². The summed E-state index contributed by atoms with van der Waals surface area (Å²) in [5, 5.41) is 1.33. The summed E-state index contributed by atoms with van der Waals surface area (Å²) in [6.07, 6.45) is 6.21. The zero-order chi connectivity index (χ0) is 18.4. The molecule has 1 unspecified atom stereocenters. The Kier molecular flexibility index (Phi) is 4.03. The van der Waals surface area contributed by atoms with E-state index in [1.165, 1.54) is 52.7 Å². The summed E-state index contributed by atoms with van der Waals surface area (Å²) >= 11 is 0. The molecular formula is C25H29NO. The molecule has 0 saturated heterocycles. The Bertz CT molecular complexity index is 930. The molecule has 140 valence electrons. The molecule has 1 fully saturated rings. The summed E-state index contributed by atoms with van der Waals surface area (Å²) in [4.78, 5) is 3.65. The molecule has 0 bridgehead atoms. The molecule has 1 aromatic heterocycles. The lowest BCUT2D eigenvalue weighted by atomic mass is 9.74. The Morgan fingerprint density at radius 1 is 1.11 bits per heavy atom. The second-order valence-electron chi connectivity index (χ2n) is 9.16. The van der Waals surface area contributed by atoms with Crippen molar-refractivity contribution in [2.24, 2.45) is 11.8 Å². The lowest BCUT2D eigenvalue weighted by molar-refractivity contribution is 0.305. The van der Waals surface area contributed by atoms with Crippen LogP contribution >= 0.6 is 0 Å². The number of nitrogens with one attached hydrogen (secondary N) is 1. The molecule has 0 amide bonds. The van der Waals surface area contributed by atoms with Gasteiger partial charge in [0, 0.05) is 23.2 Å². The molecule has 0 spiro atoms. The first-order chi connectivity index (χ1) is 13.1. The lowest BCUT2D eigenvalue weighted by Gasteiger charge is -2.31. The van der Waals surface area contributed by atoms with Crippen LogP contribution in [0.5, 0.6) is 5.75 Å². The van der Waals surface area contributed by atoms with Gasteiger partial charge in [-0.15, -0.1) is 0 Å². The van der Waals surface area contributed by atoms with E-state index in [9.17, 15) is 0 Å². The first kappa shape index (κ1) is 16.9. The van der Waals surface area contributed by atoms with Crippen molar-refractivity contribution < 1.29 is 4.74 Å². The van der Waals surface area contributed by atoms with E-state index < -0.39 is 0 Å². The van der Waals surface area contributed by atoms with Gasteiger partial charge in [0.1, 0.15) is 5.75 Å². The molecule has 2 aromatic carbocycles. The van der Waals surface area contributed by atoms with Crippen LogP contribution in [-0.4, -0.2) is 11.6 Å². The van der Waals surface area contributed by atoms with Gasteiger partial charge in [0.25, 0.3) is 0 Å². The highest BCUT2D eigenvalue weighted by Gasteiger charge is 2.37. The smallest absolute Gasteiger partial charge is 0.126 e. The molecule has 2 heterocycles. The van der Waals surface area contributed by atoms with Gasteiger partial charge in [0.15, 0.2) is 0 Å². The van der Waals surface area contributed by atoms with Crippen molar-refractivity contribution in [3.8, 4) is 5.75 Å². The summed E-state index contributed by atoms with van der Waals surface area (Å²) in [6, 6.07) is 17.7. The minimum Gasteiger partial charge on any atom is -0.493 e. The van der Waals surface area contributed by atoms with Gasteiger partial charge < -0.3 is 9.72 Å². The molecule has 2 nitrogen and oxygen atoms in total. The fourth-order valence-corrected chi connectivity index (χ4v) is 5.01. The number of aromatic amines is 1. The van der Waals surface area contributed by atoms with E-state index in [1.54, 1.807) is 0 Å². The highest BCUT2D eigenvalue weighted by atomic mass is 16.5. The van der Waals surface area contributed by atoms with Gasteiger partial charge in [-0.05, 0) is 66.0 Å². The highest BCUT2D eigenvalue weighted by Crippen LogP contribution is 2.47. The predicted octanol–water partition coefficient (Wildman–Crippen LogP) is 6.04. The van der Waals surface area contributed by atoms with Gasteiger partial charge in [-0.3, -0.25) is 0 Å². The monoisotopic (exact) mass is 359 g/mol.